The van der Waals surface area contributed by atoms with Crippen molar-refractivity contribution in [3.63, 3.8) is 0 Å². The van der Waals surface area contributed by atoms with Crippen LogP contribution in [0.4, 0.5) is 0 Å². The molecule has 7 nitrogen and oxygen atoms in total. The van der Waals surface area contributed by atoms with E-state index < -0.39 is 0 Å². The topological polar surface area (TPSA) is 83.3 Å². The van der Waals surface area contributed by atoms with Gasteiger partial charge in [-0.25, -0.2) is 4.98 Å². The molecule has 0 unspecified atom stereocenters. The molecule has 2 heterocycles. The largest absolute Gasteiger partial charge is 0.616 e. The van der Waals surface area contributed by atoms with Gasteiger partial charge in [0.05, 0.1) is 7.11 Å². The van der Waals surface area contributed by atoms with Crippen LogP contribution in [0.1, 0.15) is 41.9 Å². The third-order valence-electron chi connectivity index (χ3n) is 6.52. The second kappa shape index (κ2) is 11.9. The van der Waals surface area contributed by atoms with E-state index in [0.29, 0.717) is 43.3 Å². The summed E-state index contributed by atoms with van der Waals surface area (Å²) >= 11 is 0. The van der Waals surface area contributed by atoms with Gasteiger partial charge in [-0.3, -0.25) is 0 Å². The molecule has 5 aromatic rings. The maximum Gasteiger partial charge on any atom is 0.402 e. The molecule has 0 aliphatic heterocycles. The molecule has 2 aromatic heterocycles. The number of hydrogen-bond acceptors (Lipinski definition) is 5. The van der Waals surface area contributed by atoms with Crippen molar-refractivity contribution in [3.8, 4) is 17.5 Å². The van der Waals surface area contributed by atoms with Crippen molar-refractivity contribution in [2.45, 2.75) is 39.9 Å². The average molecular weight is 524 g/mol. The Kier molecular flexibility index (Phi) is 7.96. The second-order valence-electron chi connectivity index (χ2n) is 9.96. The standard InChI is InChI=1S/C32H33N3O4/c1-22(2)16-30-31(39-21-24-12-8-5-9-13-24)34-29(32(37-3)35(30)36)17-25-19-33-28-15-14-26(18-27(25)28)38-20-23-10-6-4-7-11-23/h4-15,18-19,22,33H,16-17,20-21H2,1-3H3. The van der Waals surface area contributed by atoms with E-state index in [2.05, 4.69) is 18.8 Å². The fraction of sp³-hybridized carbons (Fsp3) is 0.250. The SMILES string of the molecule is COc1c(Cc2c[nH]c3ccc(OCc4ccccc4)cc23)nc(OCc2ccccc2)c(CC(C)C)[n+]1[O-]. The average Bonchev–Trinajstić information content (AvgIpc) is 3.35. The number of aromatic nitrogens is 3. The number of methoxy groups -OCH3 is 1. The van der Waals surface area contributed by atoms with Crippen LogP contribution in [0.2, 0.25) is 0 Å². The molecular weight excluding hydrogens is 490 g/mol. The summed E-state index contributed by atoms with van der Waals surface area (Å²) in [4.78, 5) is 8.16. The van der Waals surface area contributed by atoms with Crippen molar-refractivity contribution >= 4 is 10.9 Å². The van der Waals surface area contributed by atoms with Gasteiger partial charge in [0.15, 0.2) is 5.69 Å². The van der Waals surface area contributed by atoms with Gasteiger partial charge in [0.25, 0.3) is 11.6 Å². The van der Waals surface area contributed by atoms with Crippen molar-refractivity contribution in [1.29, 1.82) is 0 Å². The van der Waals surface area contributed by atoms with Crippen LogP contribution in [0.25, 0.3) is 10.9 Å². The molecular formula is C32H33N3O4. The van der Waals surface area contributed by atoms with Gasteiger partial charge in [-0.2, -0.15) is 0 Å². The molecule has 0 spiro atoms. The van der Waals surface area contributed by atoms with E-state index in [0.717, 1.165) is 38.1 Å². The Morgan fingerprint density at radius 3 is 2.21 bits per heavy atom. The summed E-state index contributed by atoms with van der Waals surface area (Å²) in [6.07, 6.45) is 2.85. The van der Waals surface area contributed by atoms with Crippen LogP contribution in [0.5, 0.6) is 17.5 Å². The third-order valence-corrected chi connectivity index (χ3v) is 6.52. The fourth-order valence-electron chi connectivity index (χ4n) is 4.59. The van der Waals surface area contributed by atoms with E-state index in [1.54, 1.807) is 0 Å². The number of benzene rings is 3. The Labute approximate surface area is 228 Å². The van der Waals surface area contributed by atoms with E-state index in [1.807, 2.05) is 85.1 Å². The Balaban J connectivity index is 1.45. The van der Waals surface area contributed by atoms with E-state index in [4.69, 9.17) is 19.2 Å². The Morgan fingerprint density at radius 2 is 1.56 bits per heavy atom. The molecule has 5 rings (SSSR count). The highest BCUT2D eigenvalue weighted by atomic mass is 16.5. The van der Waals surface area contributed by atoms with Crippen molar-refractivity contribution < 1.29 is 18.9 Å². The number of nitrogens with zero attached hydrogens (tertiary/aromatic N) is 2. The minimum Gasteiger partial charge on any atom is -0.616 e. The van der Waals surface area contributed by atoms with Gasteiger partial charge >= 0.3 is 5.88 Å². The van der Waals surface area contributed by atoms with Crippen molar-refractivity contribution in [3.05, 3.63) is 118 Å². The van der Waals surface area contributed by atoms with Gasteiger partial charge in [-0.15, -0.1) is 4.73 Å². The van der Waals surface area contributed by atoms with Crippen molar-refractivity contribution in [2.24, 2.45) is 5.92 Å². The summed E-state index contributed by atoms with van der Waals surface area (Å²) in [7, 11) is 1.50. The molecule has 39 heavy (non-hydrogen) atoms. The third kappa shape index (κ3) is 6.14. The van der Waals surface area contributed by atoms with Gasteiger partial charge in [0.1, 0.15) is 19.0 Å². The van der Waals surface area contributed by atoms with Gasteiger partial charge in [0.2, 0.25) is 0 Å². The highest BCUT2D eigenvalue weighted by molar-refractivity contribution is 5.85. The van der Waals surface area contributed by atoms with Gasteiger partial charge in [0, 0.05) is 29.9 Å². The normalized spacial score (nSPS) is 11.2. The molecule has 0 radical (unpaired) electrons. The summed E-state index contributed by atoms with van der Waals surface area (Å²) < 4.78 is 18.6. The number of ether oxygens (including phenoxy) is 3. The minimum atomic E-state index is 0.184. The summed E-state index contributed by atoms with van der Waals surface area (Å²) in [5, 5.41) is 14.5. The molecule has 7 heteroatoms. The molecule has 0 saturated carbocycles. The highest BCUT2D eigenvalue weighted by Crippen LogP contribution is 2.29. The van der Waals surface area contributed by atoms with E-state index in [1.165, 1.54) is 7.11 Å². The number of nitrogens with one attached hydrogen (secondary N) is 1. The molecule has 0 atom stereocenters. The summed E-state index contributed by atoms with van der Waals surface area (Å²) in [5.74, 6) is 1.53. The molecule has 0 saturated heterocycles. The Bertz CT molecular complexity index is 1530. The molecule has 200 valence electrons. The van der Waals surface area contributed by atoms with Crippen LogP contribution in [-0.4, -0.2) is 17.1 Å². The van der Waals surface area contributed by atoms with Gasteiger partial charge < -0.3 is 24.4 Å². The lowest BCUT2D eigenvalue weighted by Gasteiger charge is -2.16. The summed E-state index contributed by atoms with van der Waals surface area (Å²) in [6.45, 7) is 4.92. The maximum absolute atomic E-state index is 13.5. The molecule has 0 bridgehead atoms. The summed E-state index contributed by atoms with van der Waals surface area (Å²) in [5.41, 5.74) is 5.04. The number of aromatic amines is 1. The first kappa shape index (κ1) is 26.1. The maximum atomic E-state index is 13.5. The van der Waals surface area contributed by atoms with Gasteiger partial charge in [-0.05, 0) is 40.8 Å². The first-order chi connectivity index (χ1) is 19.0. The highest BCUT2D eigenvalue weighted by Gasteiger charge is 2.27. The molecule has 0 amide bonds. The molecule has 0 fully saturated rings. The monoisotopic (exact) mass is 523 g/mol. The van der Waals surface area contributed by atoms with Gasteiger partial charge in [-0.1, -0.05) is 74.5 Å². The first-order valence-corrected chi connectivity index (χ1v) is 13.1. The van der Waals surface area contributed by atoms with Crippen LogP contribution in [0, 0.1) is 11.1 Å². The number of rotatable bonds is 11. The van der Waals surface area contributed by atoms with Crippen LogP contribution >= 0.6 is 0 Å². The number of H-pyrrole nitrogens is 1. The van der Waals surface area contributed by atoms with Crippen LogP contribution in [0.3, 0.4) is 0 Å². The lowest BCUT2D eigenvalue weighted by atomic mass is 10.1. The molecule has 0 aliphatic carbocycles. The molecule has 1 N–H and O–H groups in total. The molecule has 3 aromatic carbocycles. The Hall–Kier alpha value is -4.52. The number of fused-ring (bicyclic) bond motifs is 1. The van der Waals surface area contributed by atoms with Crippen LogP contribution < -0.4 is 18.9 Å². The lowest BCUT2D eigenvalue weighted by Crippen LogP contribution is -2.37. The van der Waals surface area contributed by atoms with E-state index in [9.17, 15) is 5.21 Å². The van der Waals surface area contributed by atoms with E-state index >= 15 is 0 Å². The summed E-state index contributed by atoms with van der Waals surface area (Å²) in [6, 6.07) is 25.9. The van der Waals surface area contributed by atoms with Crippen molar-refractivity contribution in [1.82, 2.24) is 9.97 Å². The van der Waals surface area contributed by atoms with Crippen molar-refractivity contribution in [2.75, 3.05) is 7.11 Å². The fourth-order valence-corrected chi connectivity index (χ4v) is 4.59. The molecule has 0 aliphatic rings. The van der Waals surface area contributed by atoms with Crippen LogP contribution in [-0.2, 0) is 26.1 Å². The zero-order valence-electron chi connectivity index (χ0n) is 22.5. The lowest BCUT2D eigenvalue weighted by molar-refractivity contribution is -0.622. The second-order valence-corrected chi connectivity index (χ2v) is 9.96. The van der Waals surface area contributed by atoms with Crippen LogP contribution in [0.15, 0.2) is 85.1 Å². The first-order valence-electron chi connectivity index (χ1n) is 13.1. The predicted molar refractivity (Wildman–Crippen MR) is 151 cm³/mol. The zero-order valence-corrected chi connectivity index (χ0v) is 22.5. The smallest absolute Gasteiger partial charge is 0.402 e. The Morgan fingerprint density at radius 1 is 0.897 bits per heavy atom. The van der Waals surface area contributed by atoms with E-state index in [-0.39, 0.29) is 11.8 Å². The minimum absolute atomic E-state index is 0.184. The predicted octanol–water partition coefficient (Wildman–Crippen LogP) is 6.15. The number of hydrogen-bond donors (Lipinski definition) is 1. The zero-order chi connectivity index (χ0) is 27.2. The quantitative estimate of drug-likeness (QED) is 0.166.